The second kappa shape index (κ2) is 9.14. The largest absolute Gasteiger partial charge is 0.496 e. The molecule has 0 saturated carbocycles. The van der Waals surface area contributed by atoms with Gasteiger partial charge in [-0.1, -0.05) is 30.3 Å². The summed E-state index contributed by atoms with van der Waals surface area (Å²) in [6, 6.07) is 13.7. The Hall–Kier alpha value is -3.54. The molecule has 11 heteroatoms. The van der Waals surface area contributed by atoms with Crippen LogP contribution in [0.4, 0.5) is 0 Å². The zero-order valence-electron chi connectivity index (χ0n) is 18.3. The number of H-pyrrole nitrogens is 1. The Labute approximate surface area is 190 Å². The molecule has 0 aliphatic carbocycles. The molecule has 2 N–H and O–H groups in total. The van der Waals surface area contributed by atoms with Gasteiger partial charge in [0, 0.05) is 32.3 Å². The summed E-state index contributed by atoms with van der Waals surface area (Å²) in [5.74, 6) is 0.487. The van der Waals surface area contributed by atoms with E-state index < -0.39 is 10.0 Å². The molecule has 0 aliphatic rings. The van der Waals surface area contributed by atoms with Crippen LogP contribution in [0, 0.1) is 0 Å². The number of aromatic amines is 1. The fourth-order valence-electron chi connectivity index (χ4n) is 3.48. The SMILES string of the molecule is COCCNS(=O)(=O)c1ccc(-c2nc3c(c(-c4ccccc4)nn3C)c(=O)[nH]2)c(OC)c1. The second-order valence-electron chi connectivity index (χ2n) is 7.20. The fourth-order valence-corrected chi connectivity index (χ4v) is 4.51. The number of nitrogens with zero attached hydrogens (tertiary/aromatic N) is 3. The van der Waals surface area contributed by atoms with E-state index in [0.717, 1.165) is 5.56 Å². The van der Waals surface area contributed by atoms with Gasteiger partial charge in [0.2, 0.25) is 10.0 Å². The quantitative estimate of drug-likeness (QED) is 0.377. The van der Waals surface area contributed by atoms with Gasteiger partial charge in [-0.3, -0.25) is 4.79 Å². The van der Waals surface area contributed by atoms with E-state index in [4.69, 9.17) is 9.47 Å². The summed E-state index contributed by atoms with van der Waals surface area (Å²) < 4.78 is 39.3. The highest BCUT2D eigenvalue weighted by molar-refractivity contribution is 7.89. The van der Waals surface area contributed by atoms with Gasteiger partial charge in [-0.25, -0.2) is 22.8 Å². The minimum atomic E-state index is -3.76. The highest BCUT2D eigenvalue weighted by Crippen LogP contribution is 2.31. The zero-order valence-corrected chi connectivity index (χ0v) is 19.1. The Bertz CT molecular complexity index is 1460. The number of nitrogens with one attached hydrogen (secondary N) is 2. The van der Waals surface area contributed by atoms with Gasteiger partial charge in [0.15, 0.2) is 5.65 Å². The van der Waals surface area contributed by atoms with Crippen molar-refractivity contribution in [1.29, 1.82) is 0 Å². The number of hydrogen-bond donors (Lipinski definition) is 2. The molecule has 2 heterocycles. The third-order valence-electron chi connectivity index (χ3n) is 5.08. The average molecular weight is 470 g/mol. The van der Waals surface area contributed by atoms with Gasteiger partial charge in [-0.15, -0.1) is 0 Å². The molecule has 0 radical (unpaired) electrons. The van der Waals surface area contributed by atoms with Crippen LogP contribution >= 0.6 is 0 Å². The van der Waals surface area contributed by atoms with Crippen molar-refractivity contribution in [3.63, 3.8) is 0 Å². The van der Waals surface area contributed by atoms with E-state index in [1.165, 1.54) is 26.4 Å². The van der Waals surface area contributed by atoms with Crippen LogP contribution in [0.5, 0.6) is 5.75 Å². The number of methoxy groups -OCH3 is 2. The number of benzene rings is 2. The topological polar surface area (TPSA) is 128 Å². The lowest BCUT2D eigenvalue weighted by molar-refractivity contribution is 0.204. The summed E-state index contributed by atoms with van der Waals surface area (Å²) in [5.41, 5.74) is 1.81. The molecule has 4 rings (SSSR count). The molecule has 4 aromatic rings. The third kappa shape index (κ3) is 4.38. The zero-order chi connectivity index (χ0) is 23.6. The van der Waals surface area contributed by atoms with Crippen molar-refractivity contribution in [3.05, 3.63) is 58.9 Å². The minimum Gasteiger partial charge on any atom is -0.496 e. The van der Waals surface area contributed by atoms with Crippen LogP contribution in [0.25, 0.3) is 33.7 Å². The number of fused-ring (bicyclic) bond motifs is 1. The van der Waals surface area contributed by atoms with Crippen molar-refractivity contribution >= 4 is 21.1 Å². The predicted octanol–water partition coefficient (Wildman–Crippen LogP) is 1.92. The molecule has 0 atom stereocenters. The Morgan fingerprint density at radius 2 is 1.88 bits per heavy atom. The summed E-state index contributed by atoms with van der Waals surface area (Å²) >= 11 is 0. The van der Waals surface area contributed by atoms with Crippen molar-refractivity contribution in [1.82, 2.24) is 24.5 Å². The van der Waals surface area contributed by atoms with Gasteiger partial charge in [-0.05, 0) is 12.1 Å². The second-order valence-corrected chi connectivity index (χ2v) is 8.97. The number of hydrogen-bond acceptors (Lipinski definition) is 7. The van der Waals surface area contributed by atoms with E-state index in [9.17, 15) is 13.2 Å². The van der Waals surface area contributed by atoms with Crippen LogP contribution in [-0.2, 0) is 21.8 Å². The fraction of sp³-hybridized carbons (Fsp3) is 0.227. The molecular weight excluding hydrogens is 446 g/mol. The molecule has 0 unspecified atom stereocenters. The lowest BCUT2D eigenvalue weighted by Gasteiger charge is -2.11. The highest BCUT2D eigenvalue weighted by atomic mass is 32.2. The molecule has 10 nitrogen and oxygen atoms in total. The molecule has 0 bridgehead atoms. The Morgan fingerprint density at radius 1 is 1.12 bits per heavy atom. The maximum atomic E-state index is 13.0. The maximum absolute atomic E-state index is 13.0. The number of aryl methyl sites for hydroxylation is 1. The van der Waals surface area contributed by atoms with E-state index >= 15 is 0 Å². The molecule has 172 valence electrons. The molecule has 2 aromatic carbocycles. The van der Waals surface area contributed by atoms with E-state index in [2.05, 4.69) is 19.8 Å². The molecule has 0 aliphatic heterocycles. The Morgan fingerprint density at radius 3 is 2.58 bits per heavy atom. The van der Waals surface area contributed by atoms with E-state index in [0.29, 0.717) is 22.3 Å². The molecule has 0 saturated heterocycles. The molecular formula is C22H23N5O5S. The van der Waals surface area contributed by atoms with Crippen LogP contribution in [0.2, 0.25) is 0 Å². The summed E-state index contributed by atoms with van der Waals surface area (Å²) in [6.45, 7) is 0.383. The van der Waals surface area contributed by atoms with Gasteiger partial charge in [0.1, 0.15) is 22.7 Å². The molecule has 0 spiro atoms. The lowest BCUT2D eigenvalue weighted by Crippen LogP contribution is -2.27. The van der Waals surface area contributed by atoms with Gasteiger partial charge in [-0.2, -0.15) is 5.10 Å². The number of aromatic nitrogens is 4. The van der Waals surface area contributed by atoms with Crippen LogP contribution in [0.1, 0.15) is 0 Å². The molecule has 0 amide bonds. The number of sulfonamides is 1. The van der Waals surface area contributed by atoms with Crippen molar-refractivity contribution in [2.24, 2.45) is 7.05 Å². The molecule has 2 aromatic heterocycles. The standard InChI is InChI=1S/C22H23N5O5S/c1-27-21-18(19(26-27)14-7-5-4-6-8-14)22(28)25-20(24-21)16-10-9-15(13-17(16)32-3)33(29,30)23-11-12-31-2/h4-10,13,23H,11-12H2,1-3H3,(H,24,25,28). The predicted molar refractivity (Wildman–Crippen MR) is 124 cm³/mol. The maximum Gasteiger partial charge on any atom is 0.262 e. The first kappa shape index (κ1) is 22.6. The summed E-state index contributed by atoms with van der Waals surface area (Å²) in [4.78, 5) is 20.4. The molecule has 0 fully saturated rings. The summed E-state index contributed by atoms with van der Waals surface area (Å²) in [5, 5.41) is 4.85. The van der Waals surface area contributed by atoms with Gasteiger partial charge in [0.05, 0.1) is 24.2 Å². The van der Waals surface area contributed by atoms with E-state index in [-0.39, 0.29) is 35.2 Å². The average Bonchev–Trinajstić information content (AvgIpc) is 3.16. The van der Waals surface area contributed by atoms with Crippen LogP contribution in [-0.4, -0.2) is 55.5 Å². The normalized spacial score (nSPS) is 11.7. The van der Waals surface area contributed by atoms with Crippen molar-refractivity contribution in [2.45, 2.75) is 4.90 Å². The van der Waals surface area contributed by atoms with Crippen molar-refractivity contribution < 1.29 is 17.9 Å². The lowest BCUT2D eigenvalue weighted by atomic mass is 10.1. The number of ether oxygens (including phenoxy) is 2. The van der Waals surface area contributed by atoms with Crippen LogP contribution < -0.4 is 15.0 Å². The van der Waals surface area contributed by atoms with E-state index in [1.54, 1.807) is 17.8 Å². The third-order valence-corrected chi connectivity index (χ3v) is 6.54. The Balaban J connectivity index is 1.80. The summed E-state index contributed by atoms with van der Waals surface area (Å²) in [7, 11) is 0.861. The highest BCUT2D eigenvalue weighted by Gasteiger charge is 2.21. The number of rotatable bonds is 8. The van der Waals surface area contributed by atoms with Gasteiger partial charge >= 0.3 is 0 Å². The van der Waals surface area contributed by atoms with Gasteiger partial charge < -0.3 is 14.5 Å². The first-order valence-electron chi connectivity index (χ1n) is 10.0. The molecule has 33 heavy (non-hydrogen) atoms. The summed E-state index contributed by atoms with van der Waals surface area (Å²) in [6.07, 6.45) is 0. The smallest absolute Gasteiger partial charge is 0.262 e. The van der Waals surface area contributed by atoms with E-state index in [1.807, 2.05) is 30.3 Å². The Kier molecular flexibility index (Phi) is 6.27. The van der Waals surface area contributed by atoms with Crippen molar-refractivity contribution in [2.75, 3.05) is 27.4 Å². The first-order valence-corrected chi connectivity index (χ1v) is 11.5. The van der Waals surface area contributed by atoms with Crippen molar-refractivity contribution in [3.8, 4) is 28.4 Å². The first-order chi connectivity index (χ1) is 15.9. The van der Waals surface area contributed by atoms with Gasteiger partial charge in [0.25, 0.3) is 5.56 Å². The van der Waals surface area contributed by atoms with Crippen LogP contribution in [0.3, 0.4) is 0 Å². The monoisotopic (exact) mass is 469 g/mol. The van der Waals surface area contributed by atoms with Crippen LogP contribution in [0.15, 0.2) is 58.2 Å². The minimum absolute atomic E-state index is 0.0227.